The zero-order chi connectivity index (χ0) is 12.0. The summed E-state index contributed by atoms with van der Waals surface area (Å²) in [7, 11) is 3.94. The van der Waals surface area contributed by atoms with Gasteiger partial charge in [0.1, 0.15) is 0 Å². The highest BCUT2D eigenvalue weighted by atomic mass is 17.2. The van der Waals surface area contributed by atoms with E-state index in [1.54, 1.807) is 24.3 Å². The third-order valence-electron chi connectivity index (χ3n) is 2.16. The standard InChI is InChI=1S/C11H14O5/c1-13-11(14-2,10(12)16-15-3)9-7-5-4-6-8-9/h4-8H,1-3H3. The second-order valence-electron chi connectivity index (χ2n) is 2.93. The smallest absolute Gasteiger partial charge is 0.340 e. The summed E-state index contributed by atoms with van der Waals surface area (Å²) >= 11 is 0. The summed E-state index contributed by atoms with van der Waals surface area (Å²) in [6.07, 6.45) is 0. The normalized spacial score (nSPS) is 11.2. The number of carbonyl (C=O) groups is 1. The Labute approximate surface area is 93.8 Å². The highest BCUT2D eigenvalue weighted by molar-refractivity contribution is 5.79. The summed E-state index contributed by atoms with van der Waals surface area (Å²) < 4.78 is 10.2. The van der Waals surface area contributed by atoms with Gasteiger partial charge in [0, 0.05) is 19.8 Å². The molecule has 0 heterocycles. The van der Waals surface area contributed by atoms with E-state index in [9.17, 15) is 4.79 Å². The van der Waals surface area contributed by atoms with Crippen LogP contribution < -0.4 is 0 Å². The van der Waals surface area contributed by atoms with Crippen LogP contribution in [-0.2, 0) is 29.8 Å². The van der Waals surface area contributed by atoms with E-state index in [0.29, 0.717) is 5.56 Å². The van der Waals surface area contributed by atoms with Crippen LogP contribution in [0.2, 0.25) is 0 Å². The molecule has 0 spiro atoms. The predicted octanol–water partition coefficient (Wildman–Crippen LogP) is 1.24. The molecule has 5 nitrogen and oxygen atoms in total. The highest BCUT2D eigenvalue weighted by Crippen LogP contribution is 2.27. The van der Waals surface area contributed by atoms with Crippen molar-refractivity contribution in [2.75, 3.05) is 21.3 Å². The molecule has 1 aromatic rings. The van der Waals surface area contributed by atoms with Crippen LogP contribution in [0, 0.1) is 0 Å². The maximum atomic E-state index is 11.7. The Hall–Kier alpha value is -1.43. The second kappa shape index (κ2) is 5.60. The van der Waals surface area contributed by atoms with Crippen LogP contribution in [0.4, 0.5) is 0 Å². The van der Waals surface area contributed by atoms with Gasteiger partial charge in [-0.2, -0.15) is 4.89 Å². The number of rotatable bonds is 5. The molecule has 0 saturated carbocycles. The van der Waals surface area contributed by atoms with E-state index in [4.69, 9.17) is 9.47 Å². The second-order valence-corrected chi connectivity index (χ2v) is 2.93. The Morgan fingerprint density at radius 1 is 1.06 bits per heavy atom. The Morgan fingerprint density at radius 2 is 1.62 bits per heavy atom. The van der Waals surface area contributed by atoms with Gasteiger partial charge in [0.25, 0.3) is 5.79 Å². The van der Waals surface area contributed by atoms with Gasteiger partial charge < -0.3 is 9.47 Å². The summed E-state index contributed by atoms with van der Waals surface area (Å²) in [4.78, 5) is 20.5. The maximum Gasteiger partial charge on any atom is 0.406 e. The van der Waals surface area contributed by atoms with Crippen LogP contribution >= 0.6 is 0 Å². The SMILES string of the molecule is COOC(=O)C(OC)(OC)c1ccccc1. The van der Waals surface area contributed by atoms with Crippen molar-refractivity contribution < 1.29 is 24.0 Å². The minimum absolute atomic E-state index is 0.530. The average Bonchev–Trinajstić information content (AvgIpc) is 2.33. The van der Waals surface area contributed by atoms with E-state index in [1.165, 1.54) is 21.3 Å². The molecule has 5 heteroatoms. The third-order valence-corrected chi connectivity index (χ3v) is 2.16. The molecule has 0 aromatic heterocycles. The number of hydrogen-bond acceptors (Lipinski definition) is 5. The van der Waals surface area contributed by atoms with Gasteiger partial charge in [0.2, 0.25) is 0 Å². The third kappa shape index (κ3) is 2.21. The first kappa shape index (κ1) is 12.6. The Balaban J connectivity index is 3.10. The number of methoxy groups -OCH3 is 2. The first-order chi connectivity index (χ1) is 7.71. The van der Waals surface area contributed by atoms with Crippen LogP contribution in [-0.4, -0.2) is 27.3 Å². The van der Waals surface area contributed by atoms with Crippen LogP contribution in [0.1, 0.15) is 5.56 Å². The molecule has 0 aliphatic rings. The fourth-order valence-corrected chi connectivity index (χ4v) is 1.39. The molecule has 1 aromatic carbocycles. The monoisotopic (exact) mass is 226 g/mol. The summed E-state index contributed by atoms with van der Waals surface area (Å²) in [5.74, 6) is -2.37. The van der Waals surface area contributed by atoms with Crippen LogP contribution in [0.25, 0.3) is 0 Å². The minimum Gasteiger partial charge on any atom is -0.340 e. The Bertz CT molecular complexity index is 331. The fourth-order valence-electron chi connectivity index (χ4n) is 1.39. The van der Waals surface area contributed by atoms with E-state index < -0.39 is 11.8 Å². The van der Waals surface area contributed by atoms with E-state index in [0.717, 1.165) is 0 Å². The number of ether oxygens (including phenoxy) is 2. The molecular weight excluding hydrogens is 212 g/mol. The van der Waals surface area contributed by atoms with Crippen molar-refractivity contribution >= 4 is 5.97 Å². The van der Waals surface area contributed by atoms with Crippen molar-refractivity contribution in [1.82, 2.24) is 0 Å². The van der Waals surface area contributed by atoms with Crippen molar-refractivity contribution in [3.05, 3.63) is 35.9 Å². The van der Waals surface area contributed by atoms with Crippen molar-refractivity contribution in [2.45, 2.75) is 5.79 Å². The van der Waals surface area contributed by atoms with Gasteiger partial charge >= 0.3 is 5.97 Å². The van der Waals surface area contributed by atoms with Gasteiger partial charge in [0.05, 0.1) is 7.11 Å². The average molecular weight is 226 g/mol. The molecule has 0 aliphatic carbocycles. The topological polar surface area (TPSA) is 54.0 Å². The molecule has 0 N–H and O–H groups in total. The molecular formula is C11H14O5. The largest absolute Gasteiger partial charge is 0.406 e. The highest BCUT2D eigenvalue weighted by Gasteiger charge is 2.43. The maximum absolute atomic E-state index is 11.7. The summed E-state index contributed by atoms with van der Waals surface area (Å²) in [5.41, 5.74) is 0.530. The number of benzene rings is 1. The van der Waals surface area contributed by atoms with Crippen LogP contribution in [0.5, 0.6) is 0 Å². The zero-order valence-electron chi connectivity index (χ0n) is 9.43. The Kier molecular flexibility index (Phi) is 4.42. The predicted molar refractivity (Wildman–Crippen MR) is 55.2 cm³/mol. The minimum atomic E-state index is -1.60. The van der Waals surface area contributed by atoms with E-state index in [-0.39, 0.29) is 0 Å². The lowest BCUT2D eigenvalue weighted by Crippen LogP contribution is -2.41. The fraction of sp³-hybridized carbons (Fsp3) is 0.364. The first-order valence-corrected chi connectivity index (χ1v) is 4.62. The van der Waals surface area contributed by atoms with E-state index in [2.05, 4.69) is 9.78 Å². The molecule has 0 amide bonds. The van der Waals surface area contributed by atoms with E-state index in [1.807, 2.05) is 6.07 Å². The van der Waals surface area contributed by atoms with Crippen molar-refractivity contribution in [1.29, 1.82) is 0 Å². The molecule has 1 rings (SSSR count). The van der Waals surface area contributed by atoms with Gasteiger partial charge in [-0.1, -0.05) is 30.3 Å². The molecule has 16 heavy (non-hydrogen) atoms. The van der Waals surface area contributed by atoms with Crippen molar-refractivity contribution in [3.8, 4) is 0 Å². The van der Waals surface area contributed by atoms with Gasteiger partial charge in [-0.3, -0.25) is 4.89 Å². The van der Waals surface area contributed by atoms with Gasteiger partial charge in [0.15, 0.2) is 0 Å². The molecule has 0 bridgehead atoms. The van der Waals surface area contributed by atoms with Gasteiger partial charge in [-0.25, -0.2) is 4.79 Å². The lowest BCUT2D eigenvalue weighted by Gasteiger charge is -2.27. The van der Waals surface area contributed by atoms with Crippen LogP contribution in [0.3, 0.4) is 0 Å². The molecule has 0 unspecified atom stereocenters. The summed E-state index contributed by atoms with van der Waals surface area (Å²) in [5, 5.41) is 0. The van der Waals surface area contributed by atoms with Crippen molar-refractivity contribution in [3.63, 3.8) is 0 Å². The molecule has 88 valence electrons. The molecule has 0 fully saturated rings. The zero-order valence-corrected chi connectivity index (χ0v) is 9.43. The number of carbonyl (C=O) groups excluding carboxylic acids is 1. The molecule has 0 atom stereocenters. The molecule has 0 saturated heterocycles. The van der Waals surface area contributed by atoms with Crippen LogP contribution in [0.15, 0.2) is 30.3 Å². The lowest BCUT2D eigenvalue weighted by atomic mass is 10.1. The lowest BCUT2D eigenvalue weighted by molar-refractivity contribution is -0.303. The van der Waals surface area contributed by atoms with Gasteiger partial charge in [-0.05, 0) is 0 Å². The molecule has 0 radical (unpaired) electrons. The summed E-state index contributed by atoms with van der Waals surface area (Å²) in [6, 6.07) is 8.75. The number of hydrogen-bond donors (Lipinski definition) is 0. The van der Waals surface area contributed by atoms with Crippen molar-refractivity contribution in [2.24, 2.45) is 0 Å². The van der Waals surface area contributed by atoms with E-state index >= 15 is 0 Å². The van der Waals surface area contributed by atoms with Gasteiger partial charge in [-0.15, -0.1) is 0 Å². The molecule has 0 aliphatic heterocycles. The quantitative estimate of drug-likeness (QED) is 0.429. The Morgan fingerprint density at radius 3 is 2.06 bits per heavy atom. The first-order valence-electron chi connectivity index (χ1n) is 4.62. The summed E-state index contributed by atoms with van der Waals surface area (Å²) in [6.45, 7) is 0.